The first-order valence-corrected chi connectivity index (χ1v) is 6.12. The van der Waals surface area contributed by atoms with Crippen LogP contribution < -0.4 is 0 Å². The van der Waals surface area contributed by atoms with Gasteiger partial charge in [0.1, 0.15) is 5.82 Å². The molecule has 0 atom stereocenters. The molecule has 0 unspecified atom stereocenters. The standard InChI is InChI=1S/C13H17N3/c1-9-2-4-10(5-3-9)13-15-11-6-7-14-8-12(11)16-13/h6-10H,2-5H2,1H3,(H,15,16). The van der Waals surface area contributed by atoms with Crippen molar-refractivity contribution in [1.82, 2.24) is 15.0 Å². The molecule has 0 aliphatic heterocycles. The van der Waals surface area contributed by atoms with Crippen molar-refractivity contribution in [3.8, 4) is 0 Å². The number of nitrogens with one attached hydrogen (secondary N) is 1. The van der Waals surface area contributed by atoms with E-state index in [-0.39, 0.29) is 0 Å². The van der Waals surface area contributed by atoms with Gasteiger partial charge in [-0.2, -0.15) is 0 Å². The molecule has 0 spiro atoms. The molecule has 1 aliphatic rings. The lowest BCUT2D eigenvalue weighted by Gasteiger charge is -2.24. The maximum atomic E-state index is 4.67. The number of aromatic amines is 1. The molecule has 1 saturated carbocycles. The minimum atomic E-state index is 0.628. The molecule has 0 saturated heterocycles. The number of hydrogen-bond donors (Lipinski definition) is 1. The van der Waals surface area contributed by atoms with Crippen molar-refractivity contribution >= 4 is 11.0 Å². The summed E-state index contributed by atoms with van der Waals surface area (Å²) in [5.41, 5.74) is 2.11. The van der Waals surface area contributed by atoms with Crippen molar-refractivity contribution < 1.29 is 0 Å². The zero-order chi connectivity index (χ0) is 11.0. The Morgan fingerprint density at radius 2 is 2.06 bits per heavy atom. The van der Waals surface area contributed by atoms with Crippen molar-refractivity contribution in [2.45, 2.75) is 38.5 Å². The average Bonchev–Trinajstić information content (AvgIpc) is 2.73. The van der Waals surface area contributed by atoms with E-state index in [0.717, 1.165) is 22.8 Å². The second-order valence-electron chi connectivity index (χ2n) is 4.97. The number of aromatic nitrogens is 3. The van der Waals surface area contributed by atoms with Gasteiger partial charge in [0.25, 0.3) is 0 Å². The topological polar surface area (TPSA) is 41.6 Å². The molecule has 1 aliphatic carbocycles. The minimum absolute atomic E-state index is 0.628. The highest BCUT2D eigenvalue weighted by Crippen LogP contribution is 2.34. The van der Waals surface area contributed by atoms with E-state index in [9.17, 15) is 0 Å². The molecule has 3 nitrogen and oxygen atoms in total. The van der Waals surface area contributed by atoms with E-state index in [4.69, 9.17) is 0 Å². The Bertz CT molecular complexity index is 448. The predicted octanol–water partition coefficient (Wildman–Crippen LogP) is 3.25. The van der Waals surface area contributed by atoms with E-state index < -0.39 is 0 Å². The van der Waals surface area contributed by atoms with Gasteiger partial charge in [0, 0.05) is 12.1 Å². The summed E-state index contributed by atoms with van der Waals surface area (Å²) in [4.78, 5) is 12.2. The van der Waals surface area contributed by atoms with Gasteiger partial charge in [-0.1, -0.05) is 19.8 Å². The Morgan fingerprint density at radius 3 is 2.81 bits per heavy atom. The van der Waals surface area contributed by atoms with Gasteiger partial charge in [0.2, 0.25) is 0 Å². The van der Waals surface area contributed by atoms with E-state index >= 15 is 0 Å². The number of rotatable bonds is 1. The molecule has 3 rings (SSSR count). The summed E-state index contributed by atoms with van der Waals surface area (Å²) in [6, 6.07) is 1.97. The van der Waals surface area contributed by atoms with Gasteiger partial charge in [-0.05, 0) is 24.8 Å². The third-order valence-corrected chi connectivity index (χ3v) is 3.70. The van der Waals surface area contributed by atoms with Crippen molar-refractivity contribution in [2.24, 2.45) is 5.92 Å². The highest BCUT2D eigenvalue weighted by atomic mass is 14.9. The van der Waals surface area contributed by atoms with Crippen molar-refractivity contribution in [2.75, 3.05) is 0 Å². The van der Waals surface area contributed by atoms with Gasteiger partial charge >= 0.3 is 0 Å². The van der Waals surface area contributed by atoms with Crippen LogP contribution in [0, 0.1) is 5.92 Å². The maximum Gasteiger partial charge on any atom is 0.110 e. The van der Waals surface area contributed by atoms with Crippen LogP contribution in [0.4, 0.5) is 0 Å². The number of imidazole rings is 1. The minimum Gasteiger partial charge on any atom is -0.340 e. The number of H-pyrrole nitrogens is 1. The fourth-order valence-electron chi connectivity index (χ4n) is 2.60. The third kappa shape index (κ3) is 1.70. The first kappa shape index (κ1) is 9.82. The summed E-state index contributed by atoms with van der Waals surface area (Å²) < 4.78 is 0. The molecule has 1 N–H and O–H groups in total. The summed E-state index contributed by atoms with van der Waals surface area (Å²) in [6.45, 7) is 2.35. The predicted molar refractivity (Wildman–Crippen MR) is 64.3 cm³/mol. The zero-order valence-electron chi connectivity index (χ0n) is 9.61. The van der Waals surface area contributed by atoms with E-state index in [1.54, 1.807) is 6.20 Å². The van der Waals surface area contributed by atoms with Gasteiger partial charge in [0.05, 0.1) is 17.2 Å². The van der Waals surface area contributed by atoms with Crippen LogP contribution in [-0.4, -0.2) is 15.0 Å². The molecule has 2 aromatic rings. The van der Waals surface area contributed by atoms with Crippen molar-refractivity contribution in [3.05, 3.63) is 24.3 Å². The number of hydrogen-bond acceptors (Lipinski definition) is 2. The van der Waals surface area contributed by atoms with Gasteiger partial charge in [-0.25, -0.2) is 4.98 Å². The van der Waals surface area contributed by atoms with E-state index in [1.165, 1.54) is 25.7 Å². The van der Waals surface area contributed by atoms with Crippen LogP contribution in [0.2, 0.25) is 0 Å². The van der Waals surface area contributed by atoms with E-state index in [0.29, 0.717) is 5.92 Å². The maximum absolute atomic E-state index is 4.67. The quantitative estimate of drug-likeness (QED) is 0.793. The second-order valence-corrected chi connectivity index (χ2v) is 4.97. The second kappa shape index (κ2) is 3.89. The van der Waals surface area contributed by atoms with Crippen LogP contribution in [0.5, 0.6) is 0 Å². The van der Waals surface area contributed by atoms with Crippen LogP contribution in [0.3, 0.4) is 0 Å². The fraction of sp³-hybridized carbons (Fsp3) is 0.538. The van der Waals surface area contributed by atoms with Gasteiger partial charge in [-0.15, -0.1) is 0 Å². The Hall–Kier alpha value is -1.38. The van der Waals surface area contributed by atoms with Crippen LogP contribution >= 0.6 is 0 Å². The van der Waals surface area contributed by atoms with Crippen LogP contribution in [0.15, 0.2) is 18.5 Å². The summed E-state index contributed by atoms with van der Waals surface area (Å²) >= 11 is 0. The molecule has 0 radical (unpaired) electrons. The molecule has 0 amide bonds. The SMILES string of the molecule is CC1CCC(c2nc3ccncc3[nH]2)CC1. The molecule has 1 fully saturated rings. The van der Waals surface area contributed by atoms with Gasteiger partial charge in [-0.3, -0.25) is 4.98 Å². The molecule has 2 aromatic heterocycles. The lowest BCUT2D eigenvalue weighted by Crippen LogP contribution is -2.11. The average molecular weight is 215 g/mol. The largest absolute Gasteiger partial charge is 0.340 e. The van der Waals surface area contributed by atoms with E-state index in [1.807, 2.05) is 12.3 Å². The highest BCUT2D eigenvalue weighted by Gasteiger charge is 2.22. The summed E-state index contributed by atoms with van der Waals surface area (Å²) in [6.07, 6.45) is 8.87. The molecule has 0 bridgehead atoms. The smallest absolute Gasteiger partial charge is 0.110 e. The normalized spacial score (nSPS) is 26.1. The molecule has 3 heteroatoms. The molecule has 0 aromatic carbocycles. The van der Waals surface area contributed by atoms with Crippen molar-refractivity contribution in [3.63, 3.8) is 0 Å². The number of fused-ring (bicyclic) bond motifs is 1. The summed E-state index contributed by atoms with van der Waals surface area (Å²) in [5, 5.41) is 0. The van der Waals surface area contributed by atoms with Crippen molar-refractivity contribution in [1.29, 1.82) is 0 Å². The fourth-order valence-corrected chi connectivity index (χ4v) is 2.60. The molecular formula is C13H17N3. The summed E-state index contributed by atoms with van der Waals surface area (Å²) in [7, 11) is 0. The van der Waals surface area contributed by atoms with Crippen LogP contribution in [-0.2, 0) is 0 Å². The Morgan fingerprint density at radius 1 is 1.25 bits per heavy atom. The zero-order valence-corrected chi connectivity index (χ0v) is 9.61. The van der Waals surface area contributed by atoms with Gasteiger partial charge < -0.3 is 4.98 Å². The monoisotopic (exact) mass is 215 g/mol. The third-order valence-electron chi connectivity index (χ3n) is 3.70. The highest BCUT2D eigenvalue weighted by molar-refractivity contribution is 5.73. The van der Waals surface area contributed by atoms with E-state index in [2.05, 4.69) is 21.9 Å². The lowest BCUT2D eigenvalue weighted by atomic mass is 9.83. The first-order valence-electron chi connectivity index (χ1n) is 6.12. The number of nitrogens with zero attached hydrogens (tertiary/aromatic N) is 2. The Kier molecular flexibility index (Phi) is 2.39. The number of pyridine rings is 1. The van der Waals surface area contributed by atoms with Gasteiger partial charge in [0.15, 0.2) is 0 Å². The summed E-state index contributed by atoms with van der Waals surface area (Å²) in [5.74, 6) is 2.68. The lowest BCUT2D eigenvalue weighted by molar-refractivity contribution is 0.341. The molecular weight excluding hydrogens is 198 g/mol. The van der Waals surface area contributed by atoms with Crippen LogP contribution in [0.1, 0.15) is 44.3 Å². The Labute approximate surface area is 95.3 Å². The molecule has 2 heterocycles. The Balaban J connectivity index is 1.88. The first-order chi connectivity index (χ1) is 7.83. The molecule has 16 heavy (non-hydrogen) atoms. The van der Waals surface area contributed by atoms with Crippen LogP contribution in [0.25, 0.3) is 11.0 Å². The molecule has 84 valence electrons.